The van der Waals surface area contributed by atoms with Crippen LogP contribution in [0.5, 0.6) is 0 Å². The Hall–Kier alpha value is -2.67. The molecule has 1 aromatic carbocycles. The predicted molar refractivity (Wildman–Crippen MR) is 89.9 cm³/mol. The molecular weight excluding hydrogens is 312 g/mol. The number of hydrogen-bond acceptors (Lipinski definition) is 4. The first-order valence-electron chi connectivity index (χ1n) is 7.05. The van der Waals surface area contributed by atoms with Gasteiger partial charge in [0.05, 0.1) is 25.1 Å². The van der Waals surface area contributed by atoms with Gasteiger partial charge >= 0.3 is 5.97 Å². The highest BCUT2D eigenvalue weighted by Crippen LogP contribution is 2.28. The van der Waals surface area contributed by atoms with E-state index in [1.807, 2.05) is 42.0 Å². The van der Waals surface area contributed by atoms with E-state index in [2.05, 4.69) is 15.6 Å². The molecular formula is C16H16N4O2S. The van der Waals surface area contributed by atoms with Crippen molar-refractivity contribution in [3.63, 3.8) is 0 Å². The van der Waals surface area contributed by atoms with Crippen molar-refractivity contribution in [2.24, 2.45) is 0 Å². The molecule has 1 atom stereocenters. The maximum atomic E-state index is 12.1. The van der Waals surface area contributed by atoms with Gasteiger partial charge in [-0.3, -0.25) is 0 Å². The predicted octanol–water partition coefficient (Wildman–Crippen LogP) is 1.84. The van der Waals surface area contributed by atoms with Gasteiger partial charge in [0.25, 0.3) is 0 Å². The summed E-state index contributed by atoms with van der Waals surface area (Å²) in [6, 6.07) is 7.50. The molecule has 0 saturated carbocycles. The number of imidazole rings is 1. The molecule has 0 fully saturated rings. The van der Waals surface area contributed by atoms with Gasteiger partial charge in [0.2, 0.25) is 0 Å². The molecule has 0 amide bonds. The Kier molecular flexibility index (Phi) is 4.12. The van der Waals surface area contributed by atoms with Crippen LogP contribution in [-0.2, 0) is 9.53 Å². The van der Waals surface area contributed by atoms with Gasteiger partial charge in [-0.2, -0.15) is 0 Å². The van der Waals surface area contributed by atoms with Crippen molar-refractivity contribution in [3.05, 3.63) is 59.8 Å². The van der Waals surface area contributed by atoms with Crippen LogP contribution in [0.2, 0.25) is 0 Å². The van der Waals surface area contributed by atoms with Crippen LogP contribution in [0.3, 0.4) is 0 Å². The number of aromatic nitrogens is 2. The first-order chi connectivity index (χ1) is 11.1. The fourth-order valence-corrected chi connectivity index (χ4v) is 2.85. The van der Waals surface area contributed by atoms with E-state index in [9.17, 15) is 4.79 Å². The molecule has 0 aliphatic carbocycles. The number of hydrogen-bond donors (Lipinski definition) is 2. The van der Waals surface area contributed by atoms with E-state index >= 15 is 0 Å². The number of thiocarbonyl (C=S) groups is 1. The number of carbonyl (C=O) groups is 1. The second-order valence-electron chi connectivity index (χ2n) is 5.12. The SMILES string of the molecule is COC(=O)C1=C(C)NC(=S)NC1c1ccc(-n2ccnc2)cc1. The highest BCUT2D eigenvalue weighted by Gasteiger charge is 2.30. The summed E-state index contributed by atoms with van der Waals surface area (Å²) in [4.78, 5) is 16.1. The first-order valence-corrected chi connectivity index (χ1v) is 7.46. The first kappa shape index (κ1) is 15.2. The number of methoxy groups -OCH3 is 1. The van der Waals surface area contributed by atoms with E-state index in [1.54, 1.807) is 12.5 Å². The molecule has 23 heavy (non-hydrogen) atoms. The molecule has 7 heteroatoms. The maximum Gasteiger partial charge on any atom is 0.337 e. The van der Waals surface area contributed by atoms with E-state index in [1.165, 1.54) is 7.11 Å². The summed E-state index contributed by atoms with van der Waals surface area (Å²) in [5.41, 5.74) is 3.14. The quantitative estimate of drug-likeness (QED) is 0.662. The molecule has 2 N–H and O–H groups in total. The molecule has 0 radical (unpaired) electrons. The van der Waals surface area contributed by atoms with Crippen molar-refractivity contribution >= 4 is 23.3 Å². The molecule has 118 valence electrons. The smallest absolute Gasteiger partial charge is 0.337 e. The number of nitrogens with zero attached hydrogens (tertiary/aromatic N) is 2. The normalized spacial score (nSPS) is 17.5. The summed E-state index contributed by atoms with van der Waals surface area (Å²) in [6.45, 7) is 1.81. The molecule has 2 heterocycles. The van der Waals surface area contributed by atoms with Crippen LogP contribution in [0.1, 0.15) is 18.5 Å². The summed E-state index contributed by atoms with van der Waals surface area (Å²) < 4.78 is 6.81. The molecule has 1 aliphatic heterocycles. The summed E-state index contributed by atoms with van der Waals surface area (Å²) in [6.07, 6.45) is 5.33. The summed E-state index contributed by atoms with van der Waals surface area (Å²) in [5, 5.41) is 6.57. The third-order valence-corrected chi connectivity index (χ3v) is 3.92. The van der Waals surface area contributed by atoms with Crippen LogP contribution in [0.25, 0.3) is 5.69 Å². The average molecular weight is 328 g/mol. The van der Waals surface area contributed by atoms with E-state index < -0.39 is 0 Å². The van der Waals surface area contributed by atoms with Crippen molar-refractivity contribution in [1.82, 2.24) is 20.2 Å². The standard InChI is InChI=1S/C16H16N4O2S/c1-10-13(15(21)22-2)14(19-16(23)18-10)11-3-5-12(6-4-11)20-8-7-17-9-20/h3-9,14H,1-2H3,(H2,18,19,23). The number of carbonyl (C=O) groups excluding carboxylic acids is 1. The Labute approximate surface area is 139 Å². The molecule has 1 unspecified atom stereocenters. The third-order valence-electron chi connectivity index (χ3n) is 3.70. The highest BCUT2D eigenvalue weighted by molar-refractivity contribution is 7.80. The number of benzene rings is 1. The van der Waals surface area contributed by atoms with Gasteiger partial charge in [-0.1, -0.05) is 12.1 Å². The van der Waals surface area contributed by atoms with Gasteiger partial charge < -0.3 is 19.9 Å². The minimum atomic E-state index is -0.381. The summed E-state index contributed by atoms with van der Waals surface area (Å²) in [5.74, 6) is -0.381. The van der Waals surface area contributed by atoms with Gasteiger partial charge in [-0.15, -0.1) is 0 Å². The Morgan fingerprint density at radius 3 is 2.70 bits per heavy atom. The molecule has 0 saturated heterocycles. The number of ether oxygens (including phenoxy) is 1. The van der Waals surface area contributed by atoms with Crippen LogP contribution < -0.4 is 10.6 Å². The molecule has 0 spiro atoms. The lowest BCUT2D eigenvalue weighted by Gasteiger charge is -2.29. The maximum absolute atomic E-state index is 12.1. The van der Waals surface area contributed by atoms with Gasteiger partial charge in [0, 0.05) is 23.8 Å². The Morgan fingerprint density at radius 1 is 1.35 bits per heavy atom. The monoisotopic (exact) mass is 328 g/mol. The van der Waals surface area contributed by atoms with Crippen molar-refractivity contribution < 1.29 is 9.53 Å². The summed E-state index contributed by atoms with van der Waals surface area (Å²) in [7, 11) is 1.37. The summed E-state index contributed by atoms with van der Waals surface area (Å²) >= 11 is 5.21. The molecule has 0 bridgehead atoms. The third kappa shape index (κ3) is 2.95. The van der Waals surface area contributed by atoms with Gasteiger partial charge in [-0.05, 0) is 36.8 Å². The second kappa shape index (κ2) is 6.21. The van der Waals surface area contributed by atoms with Crippen LogP contribution >= 0.6 is 12.2 Å². The van der Waals surface area contributed by atoms with E-state index in [4.69, 9.17) is 17.0 Å². The second-order valence-corrected chi connectivity index (χ2v) is 5.53. The van der Waals surface area contributed by atoms with E-state index in [0.29, 0.717) is 16.4 Å². The van der Waals surface area contributed by atoms with Crippen LogP contribution in [0.15, 0.2) is 54.3 Å². The fourth-order valence-electron chi connectivity index (χ4n) is 2.58. The minimum Gasteiger partial charge on any atom is -0.466 e. The molecule has 1 aliphatic rings. The zero-order chi connectivity index (χ0) is 16.4. The minimum absolute atomic E-state index is 0.340. The van der Waals surface area contributed by atoms with E-state index in [-0.39, 0.29) is 12.0 Å². The van der Waals surface area contributed by atoms with E-state index in [0.717, 1.165) is 11.3 Å². The van der Waals surface area contributed by atoms with Gasteiger partial charge in [0.15, 0.2) is 5.11 Å². The van der Waals surface area contributed by atoms with Crippen molar-refractivity contribution in [2.45, 2.75) is 13.0 Å². The number of rotatable bonds is 3. The number of esters is 1. The van der Waals surface area contributed by atoms with Crippen LogP contribution in [0.4, 0.5) is 0 Å². The van der Waals surface area contributed by atoms with Gasteiger partial charge in [-0.25, -0.2) is 9.78 Å². The Bertz CT molecular complexity index is 766. The lowest BCUT2D eigenvalue weighted by Crippen LogP contribution is -2.45. The van der Waals surface area contributed by atoms with Crippen molar-refractivity contribution in [1.29, 1.82) is 0 Å². The Balaban J connectivity index is 1.97. The average Bonchev–Trinajstić information content (AvgIpc) is 3.08. The topological polar surface area (TPSA) is 68.2 Å². The van der Waals surface area contributed by atoms with Crippen LogP contribution in [-0.4, -0.2) is 27.7 Å². The fraction of sp³-hybridized carbons (Fsp3) is 0.188. The lowest BCUT2D eigenvalue weighted by molar-refractivity contribution is -0.136. The van der Waals surface area contributed by atoms with Crippen LogP contribution in [0, 0.1) is 0 Å². The molecule has 6 nitrogen and oxygen atoms in total. The molecule has 3 rings (SSSR count). The number of nitrogens with one attached hydrogen (secondary N) is 2. The largest absolute Gasteiger partial charge is 0.466 e. The van der Waals surface area contributed by atoms with Crippen molar-refractivity contribution in [3.8, 4) is 5.69 Å². The molecule has 2 aromatic rings. The molecule has 1 aromatic heterocycles. The van der Waals surface area contributed by atoms with Gasteiger partial charge in [0.1, 0.15) is 0 Å². The number of allylic oxidation sites excluding steroid dienone is 1. The Morgan fingerprint density at radius 2 is 2.09 bits per heavy atom. The zero-order valence-electron chi connectivity index (χ0n) is 12.7. The zero-order valence-corrected chi connectivity index (χ0v) is 13.6. The van der Waals surface area contributed by atoms with Crippen molar-refractivity contribution in [2.75, 3.05) is 7.11 Å². The lowest BCUT2D eigenvalue weighted by atomic mass is 9.95. The highest BCUT2D eigenvalue weighted by atomic mass is 32.1.